The van der Waals surface area contributed by atoms with Gasteiger partial charge in [0.15, 0.2) is 5.92 Å². The molecule has 2 saturated heterocycles. The highest BCUT2D eigenvalue weighted by atomic mass is 16.6. The molecule has 2 amide bonds. The number of rotatable bonds is 9. The summed E-state index contributed by atoms with van der Waals surface area (Å²) in [5.74, 6) is -0.111. The van der Waals surface area contributed by atoms with Gasteiger partial charge in [-0.05, 0) is 52.6 Å². The molecule has 4 aromatic rings. The molecule has 0 aliphatic carbocycles. The third-order valence-corrected chi connectivity index (χ3v) is 10.7. The number of anilines is 1. The van der Waals surface area contributed by atoms with Crippen LogP contribution in [0.5, 0.6) is 5.75 Å². The van der Waals surface area contributed by atoms with Gasteiger partial charge in [-0.25, -0.2) is 0 Å². The Morgan fingerprint density at radius 2 is 1.55 bits per heavy atom. The molecule has 3 aliphatic heterocycles. The minimum atomic E-state index is -1.77. The summed E-state index contributed by atoms with van der Waals surface area (Å²) in [6, 6.07) is 27.3. The lowest BCUT2D eigenvalue weighted by molar-refractivity contribution is -0.178. The number of ether oxygens (including phenoxy) is 3. The third-order valence-electron chi connectivity index (χ3n) is 10.7. The van der Waals surface area contributed by atoms with Gasteiger partial charge in [0.05, 0.1) is 32.2 Å². The number of phenolic OH excluding ortho intramolecular Hbond substituents is 1. The van der Waals surface area contributed by atoms with Gasteiger partial charge in [0.25, 0.3) is 0 Å². The molecule has 4 aromatic carbocycles. The van der Waals surface area contributed by atoms with Gasteiger partial charge < -0.3 is 30.0 Å². The summed E-state index contributed by atoms with van der Waals surface area (Å²) in [6.45, 7) is 3.82. The molecule has 3 N–H and O–H groups in total. The highest BCUT2D eigenvalue weighted by molar-refractivity contribution is 6.12. The zero-order valence-electron chi connectivity index (χ0n) is 30.6. The monoisotopic (exact) mass is 753 g/mol. The van der Waals surface area contributed by atoms with Gasteiger partial charge in [0, 0.05) is 24.2 Å². The molecule has 2 fully saturated rings. The summed E-state index contributed by atoms with van der Waals surface area (Å²) >= 11 is 0. The summed E-state index contributed by atoms with van der Waals surface area (Å²) in [6.07, 6.45) is 0.467. The van der Waals surface area contributed by atoms with Crippen LogP contribution in [-0.2, 0) is 43.6 Å². The van der Waals surface area contributed by atoms with Crippen LogP contribution in [0.4, 0.5) is 5.69 Å². The number of nitrogens with one attached hydrogen (secondary N) is 2. The van der Waals surface area contributed by atoms with E-state index in [1.165, 1.54) is 18.2 Å². The van der Waals surface area contributed by atoms with Gasteiger partial charge in [0.2, 0.25) is 11.8 Å². The molecule has 6 unspecified atom stereocenters. The van der Waals surface area contributed by atoms with E-state index in [-0.39, 0.29) is 18.7 Å². The second-order valence-electron chi connectivity index (χ2n) is 13.7. The molecule has 0 saturated carbocycles. The van der Waals surface area contributed by atoms with Crippen LogP contribution in [0.2, 0.25) is 0 Å². The average Bonchev–Trinajstić information content (AvgIpc) is 3.70. The van der Waals surface area contributed by atoms with Crippen LogP contribution in [0.3, 0.4) is 0 Å². The molecule has 3 heterocycles. The van der Waals surface area contributed by atoms with E-state index in [0.717, 1.165) is 25.3 Å². The first-order valence-corrected chi connectivity index (χ1v) is 18.0. The van der Waals surface area contributed by atoms with E-state index < -0.39 is 71.2 Å². The van der Waals surface area contributed by atoms with Crippen LogP contribution in [0.25, 0.3) is 0 Å². The fourth-order valence-electron chi connectivity index (χ4n) is 8.41. The molecule has 3 aliphatic rings. The van der Waals surface area contributed by atoms with Crippen molar-refractivity contribution in [2.75, 3.05) is 26.1 Å². The number of phenols is 1. The number of amides is 2. The van der Waals surface area contributed by atoms with Crippen molar-refractivity contribution >= 4 is 35.4 Å². The lowest BCUT2D eigenvalue weighted by Crippen LogP contribution is -2.54. The van der Waals surface area contributed by atoms with Gasteiger partial charge >= 0.3 is 17.9 Å². The zero-order chi connectivity index (χ0) is 39.6. The normalized spacial score (nSPS) is 23.5. The Morgan fingerprint density at radius 3 is 2.18 bits per heavy atom. The topological polar surface area (TPSA) is 161 Å². The van der Waals surface area contributed by atoms with Gasteiger partial charge in [-0.15, -0.1) is 6.58 Å². The second-order valence-corrected chi connectivity index (χ2v) is 13.7. The predicted molar refractivity (Wildman–Crippen MR) is 203 cm³/mol. The number of cyclic esters (lactones) is 1. The summed E-state index contributed by atoms with van der Waals surface area (Å²) in [4.78, 5) is 71.1. The maximum Gasteiger partial charge on any atom is 0.324 e. The smallest absolute Gasteiger partial charge is 0.324 e. The molecule has 0 bridgehead atoms. The molecular formula is C44H39N3O9. The predicted octanol–water partition coefficient (Wildman–Crippen LogP) is 4.67. The number of benzene rings is 4. The first-order chi connectivity index (χ1) is 27.1. The second kappa shape index (κ2) is 15.6. The molecule has 12 nitrogen and oxygen atoms in total. The maximum atomic E-state index is 15.1. The third kappa shape index (κ3) is 6.35. The fourth-order valence-corrected chi connectivity index (χ4v) is 8.41. The molecule has 0 aromatic heterocycles. The van der Waals surface area contributed by atoms with Crippen LogP contribution in [0.15, 0.2) is 116 Å². The van der Waals surface area contributed by atoms with Crippen molar-refractivity contribution in [3.63, 3.8) is 0 Å². The number of fused-ring (bicyclic) bond motifs is 3. The summed E-state index contributed by atoms with van der Waals surface area (Å²) < 4.78 is 15.9. The Balaban J connectivity index is 1.48. The molecule has 7 rings (SSSR count). The Kier molecular flexibility index (Phi) is 10.5. The van der Waals surface area contributed by atoms with Crippen molar-refractivity contribution in [3.05, 3.63) is 144 Å². The number of methoxy groups -OCH3 is 2. The minimum Gasteiger partial charge on any atom is -0.508 e. The number of aromatic hydroxyl groups is 1. The number of hydrogen-bond donors (Lipinski definition) is 3. The van der Waals surface area contributed by atoms with E-state index in [0.29, 0.717) is 22.4 Å². The Morgan fingerprint density at radius 1 is 0.911 bits per heavy atom. The summed E-state index contributed by atoms with van der Waals surface area (Å²) in [7, 11) is 2.33. The Hall–Kier alpha value is -6.71. The maximum absolute atomic E-state index is 15.1. The molecule has 284 valence electrons. The summed E-state index contributed by atoms with van der Waals surface area (Å²) in [5, 5.41) is 16.3. The van der Waals surface area contributed by atoms with E-state index in [4.69, 9.17) is 14.2 Å². The van der Waals surface area contributed by atoms with E-state index in [1.807, 2.05) is 65.6 Å². The Bertz CT molecular complexity index is 2230. The van der Waals surface area contributed by atoms with E-state index in [2.05, 4.69) is 29.1 Å². The lowest BCUT2D eigenvalue weighted by Gasteiger charge is -2.46. The van der Waals surface area contributed by atoms with Crippen molar-refractivity contribution in [3.8, 4) is 17.6 Å². The van der Waals surface area contributed by atoms with Crippen molar-refractivity contribution in [2.24, 2.45) is 11.8 Å². The van der Waals surface area contributed by atoms with E-state index >= 15 is 4.79 Å². The molecule has 6 atom stereocenters. The number of carbonyl (C=O) groups excluding carboxylic acids is 5. The molecule has 56 heavy (non-hydrogen) atoms. The Labute approximate surface area is 323 Å². The van der Waals surface area contributed by atoms with Gasteiger partial charge in [-0.2, -0.15) is 0 Å². The number of morpholine rings is 1. The van der Waals surface area contributed by atoms with Crippen molar-refractivity contribution in [1.29, 1.82) is 0 Å². The molecule has 0 radical (unpaired) electrons. The van der Waals surface area contributed by atoms with Gasteiger partial charge in [0.1, 0.15) is 23.3 Å². The van der Waals surface area contributed by atoms with E-state index in [1.54, 1.807) is 30.3 Å². The van der Waals surface area contributed by atoms with Gasteiger partial charge in [-0.1, -0.05) is 90.7 Å². The zero-order valence-corrected chi connectivity index (χ0v) is 30.6. The first kappa shape index (κ1) is 37.6. The average molecular weight is 754 g/mol. The number of carbonyl (C=O) groups is 5. The lowest BCUT2D eigenvalue weighted by atomic mass is 9.65. The van der Waals surface area contributed by atoms with Crippen molar-refractivity contribution < 1.29 is 43.3 Å². The van der Waals surface area contributed by atoms with Crippen LogP contribution in [0, 0.1) is 23.7 Å². The first-order valence-electron chi connectivity index (χ1n) is 18.0. The SMILES string of the molecule is C=CCNC(=O)C1C2C(=O)OC(c3ccccc3)C(c3ccccc3)N2C(c2ccc(O)cc2)C12C(=O)Nc1ccc(C#CCC(C(=O)OC)C(=O)OC)cc12. The molecule has 12 heteroatoms. The number of nitrogens with zero attached hydrogens (tertiary/aromatic N) is 1. The highest BCUT2D eigenvalue weighted by Gasteiger charge is 2.74. The van der Waals surface area contributed by atoms with E-state index in [9.17, 15) is 24.3 Å². The largest absolute Gasteiger partial charge is 0.508 e. The van der Waals surface area contributed by atoms with Crippen molar-refractivity contribution in [1.82, 2.24) is 10.2 Å². The standard InChI is InChI=1S/C44H39N3O9/c1-4-24-45-39(49)34-36-42(52)56-37(28-15-9-6-10-16-28)35(27-13-7-5-8-14-27)47(36)38(29-19-21-30(48)22-20-29)44(34)32-25-26(18-23-33(32)46-43(44)53)12-11-17-31(40(50)54-2)41(51)55-3/h4-10,13-16,18-23,25,31,34-38,48H,1,17,24H2,2-3H3,(H,45,49)(H,46,53). The molecular weight excluding hydrogens is 714 g/mol. The van der Waals surface area contributed by atoms with Crippen LogP contribution in [-0.4, -0.2) is 66.5 Å². The van der Waals surface area contributed by atoms with Crippen molar-refractivity contribution in [2.45, 2.75) is 36.1 Å². The van der Waals surface area contributed by atoms with Crippen LogP contribution >= 0.6 is 0 Å². The number of hydrogen-bond acceptors (Lipinski definition) is 10. The summed E-state index contributed by atoms with van der Waals surface area (Å²) in [5.41, 5.74) is 1.54. The minimum absolute atomic E-state index is 0.0107. The van der Waals surface area contributed by atoms with Crippen LogP contribution < -0.4 is 10.6 Å². The fraction of sp³-hybridized carbons (Fsp3) is 0.250. The van der Waals surface area contributed by atoms with Crippen LogP contribution in [0.1, 0.15) is 52.4 Å². The van der Waals surface area contributed by atoms with Gasteiger partial charge in [-0.3, -0.25) is 28.9 Å². The molecule has 1 spiro atoms. The number of esters is 3. The highest BCUT2D eigenvalue weighted by Crippen LogP contribution is 2.64. The quantitative estimate of drug-likeness (QED) is 0.0721.